The number of oxazole rings is 1. The van der Waals surface area contributed by atoms with Crippen LogP contribution in [0.15, 0.2) is 71.4 Å². The Hall–Kier alpha value is -3.04. The van der Waals surface area contributed by atoms with Crippen molar-refractivity contribution in [1.29, 1.82) is 0 Å². The molecule has 0 saturated carbocycles. The van der Waals surface area contributed by atoms with E-state index < -0.39 is 17.1 Å². The third-order valence-electron chi connectivity index (χ3n) is 4.03. The van der Waals surface area contributed by atoms with Crippen LogP contribution in [0.3, 0.4) is 0 Å². The first-order chi connectivity index (χ1) is 13.5. The summed E-state index contributed by atoms with van der Waals surface area (Å²) in [5.41, 5.74) is -0.558. The van der Waals surface area contributed by atoms with Gasteiger partial charge in [-0.15, -0.1) is 0 Å². The van der Waals surface area contributed by atoms with E-state index in [-0.39, 0.29) is 6.54 Å². The second-order valence-electron chi connectivity index (χ2n) is 5.79. The summed E-state index contributed by atoms with van der Waals surface area (Å²) in [4.78, 5) is 43.5. The molecule has 28 heavy (non-hydrogen) atoms. The normalized spacial score (nSPS) is 11.2. The van der Waals surface area contributed by atoms with Crippen molar-refractivity contribution in [3.8, 4) is 5.69 Å². The summed E-state index contributed by atoms with van der Waals surface area (Å²) in [6, 6.07) is 11.9. The zero-order valence-electron chi connectivity index (χ0n) is 14.5. The maximum atomic E-state index is 12.4. The van der Waals surface area contributed by atoms with Gasteiger partial charge in [0.1, 0.15) is 5.52 Å². The Morgan fingerprint density at radius 2 is 1.86 bits per heavy atom. The minimum absolute atomic E-state index is 0.157. The number of hydrogen-bond acceptors (Lipinski definition) is 6. The summed E-state index contributed by atoms with van der Waals surface area (Å²) in [7, 11) is 0. The van der Waals surface area contributed by atoms with E-state index in [4.69, 9.17) is 16.0 Å². The van der Waals surface area contributed by atoms with Crippen LogP contribution in [0.1, 0.15) is 6.92 Å². The molecule has 8 nitrogen and oxygen atoms in total. The van der Waals surface area contributed by atoms with Crippen LogP contribution in [0, 0.1) is 0 Å². The molecular formula is C18H13ClN4O4S. The number of H-pyrrole nitrogens is 1. The average Bonchev–Trinajstić information content (AvgIpc) is 3.04. The summed E-state index contributed by atoms with van der Waals surface area (Å²) in [6.07, 6.45) is 0. The van der Waals surface area contributed by atoms with Crippen LogP contribution in [0.4, 0.5) is 0 Å². The molecule has 4 aromatic rings. The van der Waals surface area contributed by atoms with E-state index in [9.17, 15) is 14.4 Å². The molecule has 1 N–H and O–H groups in total. The molecule has 0 amide bonds. The first-order valence-corrected chi connectivity index (χ1v) is 9.46. The Labute approximate surface area is 166 Å². The van der Waals surface area contributed by atoms with Gasteiger partial charge in [-0.05, 0) is 61.2 Å². The smallest absolute Gasteiger partial charge is 0.340 e. The molecule has 0 fully saturated rings. The van der Waals surface area contributed by atoms with Gasteiger partial charge in [0, 0.05) is 16.5 Å². The van der Waals surface area contributed by atoms with Gasteiger partial charge < -0.3 is 4.42 Å². The highest BCUT2D eigenvalue weighted by Gasteiger charge is 2.12. The van der Waals surface area contributed by atoms with Gasteiger partial charge in [-0.2, -0.15) is 0 Å². The lowest BCUT2D eigenvalue weighted by Gasteiger charge is -2.07. The molecular weight excluding hydrogens is 404 g/mol. The number of nitrogens with one attached hydrogen (secondary N) is 1. The molecule has 0 aliphatic carbocycles. The van der Waals surface area contributed by atoms with Crippen LogP contribution in [0.25, 0.3) is 16.8 Å². The van der Waals surface area contributed by atoms with Gasteiger partial charge in [0.25, 0.3) is 5.22 Å². The Bertz CT molecular complexity index is 1350. The monoisotopic (exact) mass is 416 g/mol. The molecule has 2 aromatic heterocycles. The van der Waals surface area contributed by atoms with Gasteiger partial charge in [0.2, 0.25) is 0 Å². The zero-order chi connectivity index (χ0) is 19.8. The summed E-state index contributed by atoms with van der Waals surface area (Å²) in [6.45, 7) is 1.81. The Morgan fingerprint density at radius 3 is 2.57 bits per heavy atom. The number of nitrogens with zero attached hydrogens (tertiary/aromatic N) is 3. The molecule has 0 unspecified atom stereocenters. The molecule has 2 aromatic carbocycles. The van der Waals surface area contributed by atoms with Crippen molar-refractivity contribution in [3.63, 3.8) is 0 Å². The maximum Gasteiger partial charge on any atom is 0.340 e. The van der Waals surface area contributed by atoms with E-state index in [1.54, 1.807) is 49.4 Å². The Kier molecular flexibility index (Phi) is 4.70. The molecule has 142 valence electrons. The minimum Gasteiger partial charge on any atom is -0.431 e. The molecule has 0 saturated heterocycles. The van der Waals surface area contributed by atoms with Gasteiger partial charge in [-0.25, -0.2) is 28.5 Å². The highest BCUT2D eigenvalue weighted by Crippen LogP contribution is 2.31. The van der Waals surface area contributed by atoms with Crippen LogP contribution in [-0.2, 0) is 6.54 Å². The number of aromatic amines is 1. The fourth-order valence-electron chi connectivity index (χ4n) is 2.70. The molecule has 0 bridgehead atoms. The number of halogens is 1. The van der Waals surface area contributed by atoms with E-state index in [0.29, 0.717) is 27.0 Å². The average molecular weight is 417 g/mol. The fourth-order valence-corrected chi connectivity index (χ4v) is 3.62. The van der Waals surface area contributed by atoms with Gasteiger partial charge in [-0.1, -0.05) is 11.6 Å². The zero-order valence-corrected chi connectivity index (χ0v) is 16.1. The number of hydrogen-bond donors (Lipinski definition) is 1. The number of benzene rings is 2. The summed E-state index contributed by atoms with van der Waals surface area (Å²) >= 11 is 7.25. The quantitative estimate of drug-likeness (QED) is 0.548. The highest BCUT2D eigenvalue weighted by molar-refractivity contribution is 7.99. The number of rotatable bonds is 4. The van der Waals surface area contributed by atoms with Crippen LogP contribution in [0.2, 0.25) is 5.02 Å². The van der Waals surface area contributed by atoms with Crippen molar-refractivity contribution in [2.75, 3.05) is 0 Å². The molecule has 10 heteroatoms. The van der Waals surface area contributed by atoms with Crippen molar-refractivity contribution in [2.24, 2.45) is 0 Å². The fraction of sp³-hybridized carbons (Fsp3) is 0.111. The largest absolute Gasteiger partial charge is 0.431 e. The highest BCUT2D eigenvalue weighted by atomic mass is 35.5. The lowest BCUT2D eigenvalue weighted by atomic mass is 10.3. The predicted octanol–water partition coefficient (Wildman–Crippen LogP) is 2.65. The van der Waals surface area contributed by atoms with Crippen LogP contribution < -0.4 is 17.1 Å². The SMILES string of the molecule is CCn1c(=O)[nH]c(=O)n(-c2ccc(Sc3nc4cc(Cl)ccc4o3)cc2)c1=O. The molecule has 0 radical (unpaired) electrons. The van der Waals surface area contributed by atoms with Gasteiger partial charge in [-0.3, -0.25) is 4.98 Å². The second kappa shape index (κ2) is 7.17. The van der Waals surface area contributed by atoms with Crippen molar-refractivity contribution >= 4 is 34.5 Å². The maximum absolute atomic E-state index is 12.4. The molecule has 0 aliphatic heterocycles. The van der Waals surface area contributed by atoms with E-state index in [1.165, 1.54) is 11.8 Å². The first-order valence-electron chi connectivity index (χ1n) is 8.27. The molecule has 0 aliphatic rings. The van der Waals surface area contributed by atoms with E-state index in [0.717, 1.165) is 14.0 Å². The van der Waals surface area contributed by atoms with Crippen molar-refractivity contribution in [2.45, 2.75) is 23.6 Å². The Morgan fingerprint density at radius 1 is 1.11 bits per heavy atom. The summed E-state index contributed by atoms with van der Waals surface area (Å²) in [5.74, 6) is 0. The van der Waals surface area contributed by atoms with E-state index >= 15 is 0 Å². The van der Waals surface area contributed by atoms with Gasteiger partial charge >= 0.3 is 17.1 Å². The van der Waals surface area contributed by atoms with Crippen LogP contribution in [-0.4, -0.2) is 19.1 Å². The lowest BCUT2D eigenvalue weighted by molar-refractivity contribution is 0.489. The van der Waals surface area contributed by atoms with Gasteiger partial charge in [0.15, 0.2) is 5.58 Å². The van der Waals surface area contributed by atoms with Crippen molar-refractivity contribution < 1.29 is 4.42 Å². The molecule has 2 heterocycles. The van der Waals surface area contributed by atoms with E-state index in [1.807, 2.05) is 0 Å². The number of fused-ring (bicyclic) bond motifs is 1. The molecule has 4 rings (SSSR count). The Balaban J connectivity index is 1.67. The lowest BCUT2D eigenvalue weighted by Crippen LogP contribution is -2.48. The minimum atomic E-state index is -0.782. The third-order valence-corrected chi connectivity index (χ3v) is 5.12. The number of aromatic nitrogens is 4. The van der Waals surface area contributed by atoms with Crippen LogP contribution >= 0.6 is 23.4 Å². The van der Waals surface area contributed by atoms with Gasteiger partial charge in [0.05, 0.1) is 5.69 Å². The van der Waals surface area contributed by atoms with E-state index in [2.05, 4.69) is 9.97 Å². The standard InChI is InChI=1S/C18H13ClN4O4S/c1-2-22-15(24)21-16(25)23(18(22)26)11-4-6-12(7-5-11)28-17-20-13-9-10(19)3-8-14(13)27-17/h3-9H,2H2,1H3,(H,21,24,25). The first kappa shape index (κ1) is 18.3. The third kappa shape index (κ3) is 3.30. The summed E-state index contributed by atoms with van der Waals surface area (Å²) in [5, 5.41) is 1.02. The molecule has 0 atom stereocenters. The van der Waals surface area contributed by atoms with Crippen molar-refractivity contribution in [3.05, 3.63) is 78.9 Å². The summed E-state index contributed by atoms with van der Waals surface area (Å²) < 4.78 is 7.54. The van der Waals surface area contributed by atoms with Crippen molar-refractivity contribution in [1.82, 2.24) is 19.1 Å². The molecule has 0 spiro atoms. The topological polar surface area (TPSA) is 103 Å². The van der Waals surface area contributed by atoms with Crippen LogP contribution in [0.5, 0.6) is 0 Å². The predicted molar refractivity (Wildman–Crippen MR) is 106 cm³/mol. The second-order valence-corrected chi connectivity index (χ2v) is 7.25.